The Bertz CT molecular complexity index is 6470. The molecule has 10 aromatic carbocycles. The van der Waals surface area contributed by atoms with Crippen molar-refractivity contribution in [3.05, 3.63) is 324 Å². The van der Waals surface area contributed by atoms with E-state index in [4.69, 9.17) is 19.9 Å². The molecule has 0 amide bonds. The number of hydrogen-bond donors (Lipinski definition) is 0. The third kappa shape index (κ3) is 12.1. The Hall–Kier alpha value is -11.0. The molecule has 8 aromatic heterocycles. The zero-order valence-corrected chi connectivity index (χ0v) is 71.2. The summed E-state index contributed by atoms with van der Waals surface area (Å²) < 4.78 is 9.25. The average Bonchev–Trinajstić information content (AvgIpc) is 1.52. The molecule has 0 N–H and O–H groups in total. The summed E-state index contributed by atoms with van der Waals surface area (Å²) in [5.74, 6) is 3.70. The number of hydrogen-bond acceptors (Lipinski definition) is 6. The van der Waals surface area contributed by atoms with Gasteiger partial charge in [-0.15, -0.1) is 70.1 Å². The predicted molar refractivity (Wildman–Crippen MR) is 465 cm³/mol. The van der Waals surface area contributed by atoms with Gasteiger partial charge < -0.3 is 28.1 Å². The number of anilines is 6. The third-order valence-electron chi connectivity index (χ3n) is 23.7. The van der Waals surface area contributed by atoms with E-state index in [0.717, 1.165) is 101 Å². The molecule has 0 saturated carbocycles. The average molecular weight is 1760 g/mol. The minimum Gasteiger partial charge on any atom is -0.358 e. The topological polar surface area (TPSA) is 77.8 Å². The molecule has 2 aliphatic rings. The number of aromatic nitrogens is 8. The molecule has 0 spiro atoms. The Morgan fingerprint density at radius 2 is 0.614 bits per heavy atom. The summed E-state index contributed by atoms with van der Waals surface area (Å²) in [5, 5.41) is 9.43. The van der Waals surface area contributed by atoms with Gasteiger partial charge in [-0.05, 0) is 149 Å². The van der Waals surface area contributed by atoms with Crippen molar-refractivity contribution in [3.63, 3.8) is 0 Å². The van der Waals surface area contributed by atoms with Crippen molar-refractivity contribution in [3.8, 4) is 23.3 Å². The van der Waals surface area contributed by atoms with Gasteiger partial charge in [-0.2, -0.15) is 24.3 Å². The molecule has 10 nitrogen and oxygen atoms in total. The first kappa shape index (κ1) is 75.6. The number of nitrogens with zero attached hydrogens (tertiary/aromatic N) is 10. The fourth-order valence-corrected chi connectivity index (χ4v) is 17.5. The number of para-hydroxylation sites is 4. The molecule has 0 saturated heterocycles. The first-order chi connectivity index (χ1) is 53.6. The van der Waals surface area contributed by atoms with Crippen molar-refractivity contribution < 1.29 is 41.5 Å². The second kappa shape index (κ2) is 27.3. The molecule has 0 fully saturated rings. The van der Waals surface area contributed by atoms with E-state index in [1.807, 2.05) is 24.8 Å². The van der Waals surface area contributed by atoms with Crippen LogP contribution in [0.2, 0.25) is 0 Å². The van der Waals surface area contributed by atoms with Crippen molar-refractivity contribution in [1.82, 2.24) is 38.2 Å². The molecule has 2 aliphatic heterocycles. The Balaban J connectivity index is 0.000000162. The molecule has 12 heteroatoms. The standard InChI is InChI=1S/2C51H45N5.Pd.Pt/c2*1-49(2,3)32-24-26-52-46(29-32)55-43-19-13-12-17-37(43)38-22-20-35(30-44(38)55)54(34-15-10-9-11-16-34)36-21-23-39-40-27-33(50(4,5)6)28-42-47(40)56(45(39)31-36)48-41(51(42,7)8)18-14-25-53-48;;/h2*9-29H,1-8H3;;/q2*-2;2*+2. The van der Waals surface area contributed by atoms with Crippen LogP contribution in [0, 0.1) is 24.3 Å². The van der Waals surface area contributed by atoms with Crippen molar-refractivity contribution in [2.75, 3.05) is 9.80 Å². The Morgan fingerprint density at radius 1 is 0.289 bits per heavy atom. The molecule has 0 radical (unpaired) electrons. The molecular formula is C102H90N10PdPt. The van der Waals surface area contributed by atoms with E-state index in [2.05, 4.69) is 394 Å². The largest absolute Gasteiger partial charge is 2.00 e. The maximum absolute atomic E-state index is 5.05. The van der Waals surface area contributed by atoms with Gasteiger partial charge >= 0.3 is 41.5 Å². The van der Waals surface area contributed by atoms with Crippen molar-refractivity contribution in [1.29, 1.82) is 0 Å². The van der Waals surface area contributed by atoms with E-state index >= 15 is 0 Å². The van der Waals surface area contributed by atoms with Crippen LogP contribution in [-0.4, -0.2) is 38.2 Å². The first-order valence-electron chi connectivity index (χ1n) is 39.2. The van der Waals surface area contributed by atoms with Gasteiger partial charge in [-0.25, -0.2) is 19.9 Å². The Morgan fingerprint density at radius 3 is 0.965 bits per heavy atom. The van der Waals surface area contributed by atoms with Crippen LogP contribution in [0.4, 0.5) is 34.1 Å². The minimum absolute atomic E-state index is 0. The molecule has 10 heterocycles. The van der Waals surface area contributed by atoms with Crippen molar-refractivity contribution >= 4 is 121 Å². The van der Waals surface area contributed by atoms with Gasteiger partial charge in [0.25, 0.3) is 0 Å². The molecule has 0 bridgehead atoms. The summed E-state index contributed by atoms with van der Waals surface area (Å²) >= 11 is 0. The molecule has 20 rings (SSSR count). The van der Waals surface area contributed by atoms with Gasteiger partial charge in [0, 0.05) is 80.2 Å². The Kier molecular flexibility index (Phi) is 18.1. The van der Waals surface area contributed by atoms with E-state index in [-0.39, 0.29) is 74.0 Å². The van der Waals surface area contributed by atoms with Crippen LogP contribution in [0.5, 0.6) is 0 Å². The number of fused-ring (bicyclic) bond motifs is 16. The van der Waals surface area contributed by atoms with Gasteiger partial charge in [0.2, 0.25) is 0 Å². The van der Waals surface area contributed by atoms with Crippen LogP contribution < -0.4 is 9.80 Å². The van der Waals surface area contributed by atoms with Crippen LogP contribution in [-0.2, 0) is 74.0 Å². The van der Waals surface area contributed by atoms with Crippen LogP contribution in [0.3, 0.4) is 0 Å². The van der Waals surface area contributed by atoms with E-state index in [1.54, 1.807) is 0 Å². The van der Waals surface area contributed by atoms with Gasteiger partial charge in [0.05, 0.1) is 0 Å². The summed E-state index contributed by atoms with van der Waals surface area (Å²) in [7, 11) is 0. The Labute approximate surface area is 696 Å². The zero-order chi connectivity index (χ0) is 77.4. The second-order valence-corrected chi connectivity index (χ2v) is 35.8. The van der Waals surface area contributed by atoms with E-state index in [1.165, 1.54) is 87.9 Å². The number of pyridine rings is 4. The maximum atomic E-state index is 5.05. The zero-order valence-electron chi connectivity index (χ0n) is 67.4. The SMILES string of the molecule is CC(C)(C)c1ccnc(-n2c3[c-]c(N(c4[c-]c5c(cc4)c4cc(C(C)(C)C)cc6c4n5-c4ncccc4C6(C)C)c4ccccc4)ccc3c3ccccc32)c1.CC(C)(C)c1ccnc(-n2c3[c-]c(N(c4[c-]c5c(cc4)c4cc(C(C)(C)C)cc6c4n5-c4ncccc4C6(C)C)c4ccccc4)ccc3c3ccccc32)c1.[Pd+2].[Pt+2]. The quantitative estimate of drug-likeness (QED) is 0.111. The van der Waals surface area contributed by atoms with Crippen molar-refractivity contribution in [2.45, 2.75) is 143 Å². The van der Waals surface area contributed by atoms with Gasteiger partial charge in [0.1, 0.15) is 23.3 Å². The minimum atomic E-state index is -0.226. The smallest absolute Gasteiger partial charge is 0.358 e. The summed E-state index contributed by atoms with van der Waals surface area (Å²) in [6.07, 6.45) is 7.69. The molecule has 18 aromatic rings. The molecule has 0 unspecified atom stereocenters. The van der Waals surface area contributed by atoms with Gasteiger partial charge in [-0.1, -0.05) is 265 Å². The number of rotatable bonds is 8. The molecule has 114 heavy (non-hydrogen) atoms. The fraction of sp³-hybridized carbons (Fsp3) is 0.216. The molecule has 0 atom stereocenters. The molecular weight excluding hydrogens is 1670 g/mol. The maximum Gasteiger partial charge on any atom is 2.00 e. The van der Waals surface area contributed by atoms with Gasteiger partial charge in [-0.3, -0.25) is 0 Å². The van der Waals surface area contributed by atoms with E-state index in [9.17, 15) is 0 Å². The monoisotopic (exact) mass is 1760 g/mol. The van der Waals surface area contributed by atoms with Gasteiger partial charge in [0.15, 0.2) is 0 Å². The van der Waals surface area contributed by atoms with Crippen LogP contribution in [0.15, 0.2) is 255 Å². The van der Waals surface area contributed by atoms with E-state index < -0.39 is 0 Å². The summed E-state index contributed by atoms with van der Waals surface area (Å²) in [6.45, 7) is 36.6. The summed E-state index contributed by atoms with van der Waals surface area (Å²) in [6, 6.07) is 98.9. The third-order valence-corrected chi connectivity index (χ3v) is 23.7. The molecule has 0 aliphatic carbocycles. The fourth-order valence-electron chi connectivity index (χ4n) is 17.5. The summed E-state index contributed by atoms with van der Waals surface area (Å²) in [4.78, 5) is 24.5. The summed E-state index contributed by atoms with van der Waals surface area (Å²) in [5.41, 5.74) is 24.0. The van der Waals surface area contributed by atoms with Crippen LogP contribution in [0.25, 0.3) is 110 Å². The first-order valence-corrected chi connectivity index (χ1v) is 39.2. The normalized spacial score (nSPS) is 13.6. The second-order valence-electron chi connectivity index (χ2n) is 35.8. The van der Waals surface area contributed by atoms with Crippen LogP contribution >= 0.6 is 0 Å². The predicted octanol–water partition coefficient (Wildman–Crippen LogP) is 25.9. The van der Waals surface area contributed by atoms with Crippen molar-refractivity contribution in [2.24, 2.45) is 0 Å². The number of benzene rings is 10. The molecule has 568 valence electrons. The van der Waals surface area contributed by atoms with Crippen LogP contribution in [0.1, 0.15) is 155 Å². The van der Waals surface area contributed by atoms with E-state index in [0.29, 0.717) is 0 Å².